The molecular weight excluding hydrogens is 439 g/mol. The maximum Gasteiger partial charge on any atom is 0.410 e. The number of nitriles is 1. The molecule has 0 atom stereocenters. The van der Waals surface area contributed by atoms with Crippen LogP contribution in [0.5, 0.6) is 5.88 Å². The van der Waals surface area contributed by atoms with Gasteiger partial charge in [-0.3, -0.25) is 0 Å². The van der Waals surface area contributed by atoms with Gasteiger partial charge in [0.15, 0.2) is 11.4 Å². The number of hydrogen-bond donors (Lipinski definition) is 2. The lowest BCUT2D eigenvalue weighted by Crippen LogP contribution is -2.42. The predicted molar refractivity (Wildman–Crippen MR) is 129 cm³/mol. The molecule has 10 heteroatoms. The van der Waals surface area contributed by atoms with Gasteiger partial charge in [0.05, 0.1) is 11.8 Å². The number of carbonyl (C=O) groups is 1. The zero-order chi connectivity index (χ0) is 23.8. The Morgan fingerprint density at radius 3 is 2.68 bits per heavy atom. The van der Waals surface area contributed by atoms with Crippen molar-refractivity contribution in [2.75, 3.05) is 30.3 Å². The molecule has 1 aromatic heterocycles. The molecule has 34 heavy (non-hydrogen) atoms. The van der Waals surface area contributed by atoms with E-state index in [1.165, 1.54) is 12.4 Å². The Kier molecular flexibility index (Phi) is 9.86. The number of anilines is 3. The van der Waals surface area contributed by atoms with Gasteiger partial charge in [-0.15, -0.1) is 0 Å². The van der Waals surface area contributed by atoms with E-state index in [1.807, 2.05) is 26.8 Å². The Bertz CT molecular complexity index is 1000. The fourth-order valence-corrected chi connectivity index (χ4v) is 3.37. The van der Waals surface area contributed by atoms with Crippen molar-refractivity contribution in [1.82, 2.24) is 14.9 Å². The standard InChI is InChI=1S/C23H29FN6O3.CH4/c1-4-9-26-16-5-6-20(19(24)12-16)29-21-18(13-25)22(28-14-27-21)33-17-7-10-30(11-8-17)23(31)32-15(2)3;/h5-6,12,14-15,17,26H,4,7-11H2,1-3H3,(H,27,28,29);1H4. The summed E-state index contributed by atoms with van der Waals surface area (Å²) < 4.78 is 25.7. The molecular formula is C24H33FN6O3. The lowest BCUT2D eigenvalue weighted by Gasteiger charge is -2.31. The number of ether oxygens (including phenoxy) is 2. The molecule has 0 saturated carbocycles. The van der Waals surface area contributed by atoms with Crippen LogP contribution < -0.4 is 15.4 Å². The van der Waals surface area contributed by atoms with Crippen molar-refractivity contribution in [3.05, 3.63) is 35.9 Å². The van der Waals surface area contributed by atoms with Gasteiger partial charge in [0.25, 0.3) is 0 Å². The fraction of sp³-hybridized carbons (Fsp3) is 0.500. The molecule has 3 rings (SSSR count). The van der Waals surface area contributed by atoms with E-state index in [2.05, 4.69) is 20.6 Å². The molecule has 0 spiro atoms. The number of halogens is 1. The number of nitrogens with zero attached hydrogens (tertiary/aromatic N) is 4. The third kappa shape index (κ3) is 6.94. The summed E-state index contributed by atoms with van der Waals surface area (Å²) in [4.78, 5) is 21.9. The highest BCUT2D eigenvalue weighted by atomic mass is 19.1. The van der Waals surface area contributed by atoms with Crippen LogP contribution in [0.4, 0.5) is 26.4 Å². The smallest absolute Gasteiger partial charge is 0.410 e. The lowest BCUT2D eigenvalue weighted by atomic mass is 10.1. The minimum absolute atomic E-state index is 0. The third-order valence-corrected chi connectivity index (χ3v) is 5.04. The topological polar surface area (TPSA) is 112 Å². The molecule has 0 radical (unpaired) electrons. The summed E-state index contributed by atoms with van der Waals surface area (Å²) in [5.41, 5.74) is 0.956. The molecule has 1 amide bonds. The van der Waals surface area contributed by atoms with E-state index in [-0.39, 0.29) is 48.7 Å². The number of benzene rings is 1. The number of aromatic nitrogens is 2. The average molecular weight is 473 g/mol. The SMILES string of the molecule is C.CCCNc1ccc(Nc2ncnc(OC3CCN(C(=O)OC(C)C)CC3)c2C#N)c(F)c1. The van der Waals surface area contributed by atoms with Gasteiger partial charge in [-0.25, -0.2) is 19.2 Å². The maximum atomic E-state index is 14.6. The Labute approximate surface area is 200 Å². The molecule has 1 aliphatic rings. The van der Waals surface area contributed by atoms with Crippen LogP contribution in [0.25, 0.3) is 0 Å². The molecule has 0 bridgehead atoms. The predicted octanol–water partition coefficient (Wildman–Crippen LogP) is 5.08. The molecule has 184 valence electrons. The van der Waals surface area contributed by atoms with Crippen molar-refractivity contribution in [2.24, 2.45) is 0 Å². The van der Waals surface area contributed by atoms with Crippen LogP contribution >= 0.6 is 0 Å². The van der Waals surface area contributed by atoms with Crippen molar-refractivity contribution in [2.45, 2.75) is 59.7 Å². The van der Waals surface area contributed by atoms with Gasteiger partial charge in [-0.2, -0.15) is 5.26 Å². The van der Waals surface area contributed by atoms with Crippen molar-refractivity contribution < 1.29 is 18.7 Å². The van der Waals surface area contributed by atoms with E-state index in [0.717, 1.165) is 13.0 Å². The summed E-state index contributed by atoms with van der Waals surface area (Å²) in [7, 11) is 0. The summed E-state index contributed by atoms with van der Waals surface area (Å²) in [6.07, 6.45) is 2.61. The molecule has 1 aromatic carbocycles. The van der Waals surface area contributed by atoms with E-state index < -0.39 is 5.82 Å². The minimum Gasteiger partial charge on any atom is -0.473 e. The highest BCUT2D eigenvalue weighted by molar-refractivity contribution is 5.68. The molecule has 1 aliphatic heterocycles. The number of piperidine rings is 1. The molecule has 0 aliphatic carbocycles. The van der Waals surface area contributed by atoms with Gasteiger partial charge in [0, 0.05) is 38.2 Å². The Hall–Kier alpha value is -3.61. The first kappa shape index (κ1) is 26.6. The summed E-state index contributed by atoms with van der Waals surface area (Å²) in [5.74, 6) is -0.185. The van der Waals surface area contributed by atoms with Crippen LogP contribution in [0.3, 0.4) is 0 Å². The zero-order valence-electron chi connectivity index (χ0n) is 19.1. The fourth-order valence-electron chi connectivity index (χ4n) is 3.37. The van der Waals surface area contributed by atoms with Gasteiger partial charge in [-0.05, 0) is 38.5 Å². The zero-order valence-corrected chi connectivity index (χ0v) is 19.1. The van der Waals surface area contributed by atoms with Gasteiger partial charge in [0.2, 0.25) is 5.88 Å². The maximum absolute atomic E-state index is 14.6. The van der Waals surface area contributed by atoms with Gasteiger partial charge in [0.1, 0.15) is 24.3 Å². The first-order valence-electron chi connectivity index (χ1n) is 11.1. The van der Waals surface area contributed by atoms with Crippen LogP contribution in [0.2, 0.25) is 0 Å². The van der Waals surface area contributed by atoms with Crippen LogP contribution in [-0.4, -0.2) is 52.8 Å². The minimum atomic E-state index is -0.471. The first-order chi connectivity index (χ1) is 15.9. The first-order valence-corrected chi connectivity index (χ1v) is 11.1. The van der Waals surface area contributed by atoms with Gasteiger partial charge < -0.3 is 25.0 Å². The number of carbonyl (C=O) groups excluding carboxylic acids is 1. The Morgan fingerprint density at radius 1 is 1.32 bits per heavy atom. The second-order valence-electron chi connectivity index (χ2n) is 8.00. The van der Waals surface area contributed by atoms with Crippen molar-refractivity contribution >= 4 is 23.3 Å². The van der Waals surface area contributed by atoms with E-state index in [4.69, 9.17) is 9.47 Å². The summed E-state index contributed by atoms with van der Waals surface area (Å²) in [6, 6.07) is 6.78. The summed E-state index contributed by atoms with van der Waals surface area (Å²) in [5, 5.41) is 15.7. The Morgan fingerprint density at radius 2 is 2.06 bits per heavy atom. The molecule has 1 saturated heterocycles. The van der Waals surface area contributed by atoms with Crippen molar-refractivity contribution in [3.8, 4) is 11.9 Å². The quantitative estimate of drug-likeness (QED) is 0.547. The van der Waals surface area contributed by atoms with E-state index in [9.17, 15) is 14.4 Å². The highest BCUT2D eigenvalue weighted by Gasteiger charge is 2.27. The van der Waals surface area contributed by atoms with E-state index >= 15 is 0 Å². The normalized spacial score (nSPS) is 13.6. The summed E-state index contributed by atoms with van der Waals surface area (Å²) in [6.45, 7) is 7.36. The van der Waals surface area contributed by atoms with E-state index in [0.29, 0.717) is 31.6 Å². The largest absolute Gasteiger partial charge is 0.473 e. The summed E-state index contributed by atoms with van der Waals surface area (Å²) >= 11 is 0. The monoisotopic (exact) mass is 472 g/mol. The molecule has 2 N–H and O–H groups in total. The number of likely N-dealkylation sites (tertiary alicyclic amines) is 1. The van der Waals surface area contributed by atoms with Crippen LogP contribution in [0.15, 0.2) is 24.5 Å². The van der Waals surface area contributed by atoms with Crippen molar-refractivity contribution in [1.29, 1.82) is 5.26 Å². The second kappa shape index (κ2) is 12.6. The molecule has 1 fully saturated rings. The lowest BCUT2D eigenvalue weighted by molar-refractivity contribution is 0.0506. The van der Waals surface area contributed by atoms with Gasteiger partial charge >= 0.3 is 6.09 Å². The van der Waals surface area contributed by atoms with Gasteiger partial charge in [-0.1, -0.05) is 14.4 Å². The van der Waals surface area contributed by atoms with Crippen LogP contribution in [-0.2, 0) is 4.74 Å². The Balaban J connectivity index is 0.00000408. The molecule has 9 nitrogen and oxygen atoms in total. The molecule has 0 unspecified atom stereocenters. The van der Waals surface area contributed by atoms with Crippen LogP contribution in [0, 0.1) is 17.1 Å². The number of nitrogens with one attached hydrogen (secondary N) is 2. The number of hydrogen-bond acceptors (Lipinski definition) is 8. The van der Waals surface area contributed by atoms with Crippen molar-refractivity contribution in [3.63, 3.8) is 0 Å². The van der Waals surface area contributed by atoms with Crippen LogP contribution in [0.1, 0.15) is 53.0 Å². The highest BCUT2D eigenvalue weighted by Crippen LogP contribution is 2.28. The number of amides is 1. The van der Waals surface area contributed by atoms with E-state index in [1.54, 1.807) is 17.0 Å². The average Bonchev–Trinajstić information content (AvgIpc) is 2.79. The molecule has 2 heterocycles. The number of rotatable bonds is 8. The molecule has 2 aromatic rings. The second-order valence-corrected chi connectivity index (χ2v) is 8.00. The third-order valence-electron chi connectivity index (χ3n) is 5.04.